The van der Waals surface area contributed by atoms with Crippen LogP contribution >= 0.6 is 0 Å². The zero-order valence-corrected chi connectivity index (χ0v) is 16.0. The van der Waals surface area contributed by atoms with Crippen LogP contribution in [0.5, 0.6) is 0 Å². The minimum atomic E-state index is -3.18. The van der Waals surface area contributed by atoms with Gasteiger partial charge in [-0.15, -0.1) is 0 Å². The standard InChI is InChI=1S/C19H22N4O3S/c1-14-5-7-20-10-16(14)19(24)23-9-8-22(11-15-4-2-3-6-21-15)17-12-27(25,26)13-18(17)23/h2-7,10,17-18H,8-9,11-13H2,1H3/t17-,18+/m1/s1. The van der Waals surface area contributed by atoms with Gasteiger partial charge in [0.2, 0.25) is 0 Å². The van der Waals surface area contributed by atoms with E-state index in [9.17, 15) is 13.2 Å². The van der Waals surface area contributed by atoms with E-state index in [2.05, 4.69) is 14.9 Å². The van der Waals surface area contributed by atoms with Crippen LogP contribution in [0.4, 0.5) is 0 Å². The molecule has 1 amide bonds. The second kappa shape index (κ2) is 7.01. The smallest absolute Gasteiger partial charge is 0.256 e. The summed E-state index contributed by atoms with van der Waals surface area (Å²) in [6.07, 6.45) is 4.96. The van der Waals surface area contributed by atoms with Crippen LogP contribution in [0.15, 0.2) is 42.9 Å². The number of nitrogens with zero attached hydrogens (tertiary/aromatic N) is 4. The normalized spacial score (nSPS) is 24.6. The number of piperazine rings is 1. The third kappa shape index (κ3) is 3.59. The van der Waals surface area contributed by atoms with E-state index in [0.29, 0.717) is 25.2 Å². The van der Waals surface area contributed by atoms with E-state index in [0.717, 1.165) is 11.3 Å². The van der Waals surface area contributed by atoms with Gasteiger partial charge in [0.25, 0.3) is 5.91 Å². The number of hydrogen-bond acceptors (Lipinski definition) is 6. The topological polar surface area (TPSA) is 83.5 Å². The number of pyridine rings is 2. The molecule has 0 spiro atoms. The summed E-state index contributed by atoms with van der Waals surface area (Å²) in [4.78, 5) is 25.4. The van der Waals surface area contributed by atoms with E-state index in [4.69, 9.17) is 0 Å². The maximum atomic E-state index is 13.1. The van der Waals surface area contributed by atoms with Gasteiger partial charge in [-0.25, -0.2) is 8.42 Å². The molecule has 2 saturated heterocycles. The van der Waals surface area contributed by atoms with Gasteiger partial charge >= 0.3 is 0 Å². The van der Waals surface area contributed by atoms with E-state index in [1.807, 2.05) is 25.1 Å². The fraction of sp³-hybridized carbons (Fsp3) is 0.421. The fourth-order valence-electron chi connectivity index (χ4n) is 4.02. The lowest BCUT2D eigenvalue weighted by Gasteiger charge is -2.43. The summed E-state index contributed by atoms with van der Waals surface area (Å²) >= 11 is 0. The molecule has 4 heterocycles. The molecular weight excluding hydrogens is 364 g/mol. The van der Waals surface area contributed by atoms with Crippen molar-refractivity contribution < 1.29 is 13.2 Å². The molecule has 2 fully saturated rings. The molecule has 0 N–H and O–H groups in total. The van der Waals surface area contributed by atoms with Crippen molar-refractivity contribution in [3.8, 4) is 0 Å². The van der Waals surface area contributed by atoms with Gasteiger partial charge in [-0.1, -0.05) is 6.07 Å². The summed E-state index contributed by atoms with van der Waals surface area (Å²) in [6.45, 7) is 3.58. The lowest BCUT2D eigenvalue weighted by Crippen LogP contribution is -2.60. The Bertz CT molecular complexity index is 948. The van der Waals surface area contributed by atoms with Crippen LogP contribution in [0.3, 0.4) is 0 Å². The number of aromatic nitrogens is 2. The minimum absolute atomic E-state index is 0.0153. The monoisotopic (exact) mass is 386 g/mol. The third-order valence-corrected chi connectivity index (χ3v) is 7.11. The molecule has 2 atom stereocenters. The van der Waals surface area contributed by atoms with E-state index >= 15 is 0 Å². The maximum absolute atomic E-state index is 13.1. The average Bonchev–Trinajstić information content (AvgIpc) is 2.98. The van der Waals surface area contributed by atoms with Gasteiger partial charge in [0, 0.05) is 44.3 Å². The van der Waals surface area contributed by atoms with Crippen LogP contribution in [0.25, 0.3) is 0 Å². The zero-order chi connectivity index (χ0) is 19.0. The van der Waals surface area contributed by atoms with Crippen molar-refractivity contribution >= 4 is 15.7 Å². The van der Waals surface area contributed by atoms with Gasteiger partial charge in [0.1, 0.15) is 0 Å². The molecular formula is C19H22N4O3S. The molecule has 4 rings (SSSR count). The van der Waals surface area contributed by atoms with Crippen molar-refractivity contribution in [1.82, 2.24) is 19.8 Å². The zero-order valence-electron chi connectivity index (χ0n) is 15.2. The predicted octanol–water partition coefficient (Wildman–Crippen LogP) is 0.909. The Morgan fingerprint density at radius 3 is 2.70 bits per heavy atom. The molecule has 27 heavy (non-hydrogen) atoms. The first-order chi connectivity index (χ1) is 12.9. The summed E-state index contributed by atoms with van der Waals surface area (Å²) in [6, 6.07) is 6.99. The van der Waals surface area contributed by atoms with Crippen LogP contribution in [0.1, 0.15) is 21.6 Å². The lowest BCUT2D eigenvalue weighted by atomic mass is 10.0. The van der Waals surface area contributed by atoms with E-state index in [1.165, 1.54) is 0 Å². The fourth-order valence-corrected chi connectivity index (χ4v) is 6.03. The third-order valence-electron chi connectivity index (χ3n) is 5.41. The molecule has 0 bridgehead atoms. The summed E-state index contributed by atoms with van der Waals surface area (Å²) in [5.41, 5.74) is 2.30. The molecule has 2 aliphatic heterocycles. The largest absolute Gasteiger partial charge is 0.332 e. The van der Waals surface area contributed by atoms with Crippen LogP contribution in [0.2, 0.25) is 0 Å². The van der Waals surface area contributed by atoms with Crippen LogP contribution in [0, 0.1) is 6.92 Å². The number of rotatable bonds is 3. The molecule has 0 aliphatic carbocycles. The Morgan fingerprint density at radius 2 is 1.96 bits per heavy atom. The van der Waals surface area contributed by atoms with Crippen molar-refractivity contribution in [3.63, 3.8) is 0 Å². The van der Waals surface area contributed by atoms with Gasteiger partial charge < -0.3 is 4.90 Å². The van der Waals surface area contributed by atoms with Crippen LogP contribution in [-0.2, 0) is 16.4 Å². The molecule has 2 aromatic heterocycles. The quantitative estimate of drug-likeness (QED) is 0.780. The van der Waals surface area contributed by atoms with Crippen molar-refractivity contribution in [2.24, 2.45) is 0 Å². The van der Waals surface area contributed by atoms with Crippen molar-refractivity contribution in [2.45, 2.75) is 25.6 Å². The van der Waals surface area contributed by atoms with Gasteiger partial charge in [-0.2, -0.15) is 0 Å². The number of amides is 1. The highest BCUT2D eigenvalue weighted by Crippen LogP contribution is 2.29. The predicted molar refractivity (Wildman–Crippen MR) is 101 cm³/mol. The highest BCUT2D eigenvalue weighted by molar-refractivity contribution is 7.91. The Kier molecular flexibility index (Phi) is 4.69. The summed E-state index contributed by atoms with van der Waals surface area (Å²) < 4.78 is 24.7. The summed E-state index contributed by atoms with van der Waals surface area (Å²) in [5.74, 6) is -0.0351. The molecule has 2 aromatic rings. The van der Waals surface area contributed by atoms with Crippen molar-refractivity contribution in [3.05, 3.63) is 59.7 Å². The molecule has 0 aromatic carbocycles. The number of carbonyl (C=O) groups excluding carboxylic acids is 1. The number of carbonyl (C=O) groups is 1. The first kappa shape index (κ1) is 18.1. The van der Waals surface area contributed by atoms with Crippen LogP contribution < -0.4 is 0 Å². The molecule has 8 heteroatoms. The highest BCUT2D eigenvalue weighted by atomic mass is 32.2. The Balaban J connectivity index is 1.60. The number of aryl methyl sites for hydroxylation is 1. The maximum Gasteiger partial charge on any atom is 0.256 e. The minimum Gasteiger partial charge on any atom is -0.332 e. The van der Waals surface area contributed by atoms with E-state index in [-0.39, 0.29) is 29.5 Å². The molecule has 142 valence electrons. The Morgan fingerprint density at radius 1 is 1.15 bits per heavy atom. The molecule has 0 saturated carbocycles. The van der Waals surface area contributed by atoms with E-state index in [1.54, 1.807) is 29.6 Å². The number of fused-ring (bicyclic) bond motifs is 1. The van der Waals surface area contributed by atoms with Gasteiger partial charge in [0.15, 0.2) is 9.84 Å². The highest BCUT2D eigenvalue weighted by Gasteiger charge is 2.48. The van der Waals surface area contributed by atoms with Crippen molar-refractivity contribution in [2.75, 3.05) is 24.6 Å². The average molecular weight is 386 g/mol. The molecule has 2 aliphatic rings. The number of hydrogen-bond donors (Lipinski definition) is 0. The second-order valence-electron chi connectivity index (χ2n) is 7.19. The number of sulfone groups is 1. The molecule has 0 unspecified atom stereocenters. The van der Waals surface area contributed by atoms with E-state index < -0.39 is 9.84 Å². The summed E-state index contributed by atoms with van der Waals surface area (Å²) in [5, 5.41) is 0. The van der Waals surface area contributed by atoms with Crippen LogP contribution in [-0.4, -0.2) is 70.8 Å². The first-order valence-corrected chi connectivity index (χ1v) is 10.8. The lowest BCUT2D eigenvalue weighted by molar-refractivity contribution is 0.0301. The Labute approximate surface area is 159 Å². The molecule has 0 radical (unpaired) electrons. The van der Waals surface area contributed by atoms with Gasteiger partial charge in [-0.3, -0.25) is 19.7 Å². The van der Waals surface area contributed by atoms with Crippen molar-refractivity contribution in [1.29, 1.82) is 0 Å². The Hall–Kier alpha value is -2.32. The first-order valence-electron chi connectivity index (χ1n) is 9.00. The summed E-state index contributed by atoms with van der Waals surface area (Å²) in [7, 11) is -3.18. The van der Waals surface area contributed by atoms with Gasteiger partial charge in [-0.05, 0) is 30.7 Å². The SMILES string of the molecule is Cc1ccncc1C(=O)N1CCN(Cc2ccccn2)[C@@H]2CS(=O)(=O)C[C@@H]21. The van der Waals surface area contributed by atoms with Gasteiger partial charge in [0.05, 0.1) is 28.8 Å². The molecule has 7 nitrogen and oxygen atoms in total. The second-order valence-corrected chi connectivity index (χ2v) is 9.35.